The minimum Gasteiger partial charge on any atom is -0.488 e. The summed E-state index contributed by atoms with van der Waals surface area (Å²) >= 11 is 2.27. The highest BCUT2D eigenvalue weighted by molar-refractivity contribution is 14.1. The van der Waals surface area contributed by atoms with Crippen molar-refractivity contribution in [3.05, 3.63) is 40.0 Å². The van der Waals surface area contributed by atoms with Gasteiger partial charge in [0.05, 0.1) is 3.57 Å². The Morgan fingerprint density at radius 1 is 1.35 bits per heavy atom. The zero-order valence-corrected chi connectivity index (χ0v) is 12.9. The lowest BCUT2D eigenvalue weighted by molar-refractivity contribution is 0.339. The van der Waals surface area contributed by atoms with Crippen LogP contribution in [0, 0.1) is 3.57 Å². The van der Waals surface area contributed by atoms with Crippen LogP contribution in [0.2, 0.25) is 0 Å². The van der Waals surface area contributed by atoms with E-state index in [1.54, 1.807) is 0 Å². The fraction of sp³-hybridized carbons (Fsp3) is 0.429. The molecule has 0 saturated carbocycles. The first kappa shape index (κ1) is 14.5. The van der Waals surface area contributed by atoms with Crippen molar-refractivity contribution in [2.45, 2.75) is 26.3 Å². The van der Waals surface area contributed by atoms with E-state index in [0.717, 1.165) is 21.4 Å². The van der Waals surface area contributed by atoms with Crippen LogP contribution in [0.15, 0.2) is 36.4 Å². The van der Waals surface area contributed by atoms with Crippen molar-refractivity contribution in [2.75, 3.05) is 13.2 Å². The molecule has 2 nitrogen and oxygen atoms in total. The predicted molar refractivity (Wildman–Crippen MR) is 81.5 cm³/mol. The van der Waals surface area contributed by atoms with Crippen LogP contribution in [-0.4, -0.2) is 18.7 Å². The van der Waals surface area contributed by atoms with Gasteiger partial charge in [-0.25, -0.2) is 0 Å². The van der Waals surface area contributed by atoms with Crippen LogP contribution < -0.4 is 10.1 Å². The zero-order chi connectivity index (χ0) is 12.9. The molecule has 0 fully saturated rings. The minimum absolute atomic E-state index is 0.115. The van der Waals surface area contributed by atoms with Crippen LogP contribution in [0.3, 0.4) is 0 Å². The molecule has 0 unspecified atom stereocenters. The minimum atomic E-state index is 0.115. The lowest BCUT2D eigenvalue weighted by Crippen LogP contribution is -2.37. The molecule has 0 aliphatic heterocycles. The summed E-state index contributed by atoms with van der Waals surface area (Å²) in [4.78, 5) is 0. The van der Waals surface area contributed by atoms with E-state index in [-0.39, 0.29) is 5.54 Å². The molecule has 1 N–H and O–H groups in total. The van der Waals surface area contributed by atoms with Gasteiger partial charge in [0, 0.05) is 12.1 Å². The summed E-state index contributed by atoms with van der Waals surface area (Å²) in [5.74, 6) is 0.921. The Morgan fingerprint density at radius 2 is 2.00 bits per heavy atom. The largest absolute Gasteiger partial charge is 0.488 e. The fourth-order valence-electron chi connectivity index (χ4n) is 1.18. The van der Waals surface area contributed by atoms with Crippen LogP contribution in [0.4, 0.5) is 0 Å². The van der Waals surface area contributed by atoms with Crippen molar-refractivity contribution in [1.82, 2.24) is 5.32 Å². The molecule has 0 radical (unpaired) electrons. The molecule has 0 aliphatic carbocycles. The Kier molecular flexibility index (Phi) is 5.46. The molecule has 0 aromatic heterocycles. The smallest absolute Gasteiger partial charge is 0.133 e. The number of hydrogen-bond donors (Lipinski definition) is 1. The van der Waals surface area contributed by atoms with Crippen LogP contribution in [0.1, 0.15) is 20.8 Å². The maximum atomic E-state index is 5.72. The first-order chi connectivity index (χ1) is 7.88. The van der Waals surface area contributed by atoms with Crippen molar-refractivity contribution in [2.24, 2.45) is 0 Å². The van der Waals surface area contributed by atoms with Gasteiger partial charge in [-0.3, -0.25) is 0 Å². The average molecular weight is 345 g/mol. The molecule has 0 bridgehead atoms. The topological polar surface area (TPSA) is 21.3 Å². The summed E-state index contributed by atoms with van der Waals surface area (Å²) in [6, 6.07) is 8.00. The molecule has 0 amide bonds. The second kappa shape index (κ2) is 6.40. The van der Waals surface area contributed by atoms with Crippen molar-refractivity contribution < 1.29 is 4.74 Å². The molecule has 0 atom stereocenters. The van der Waals surface area contributed by atoms with Gasteiger partial charge in [-0.1, -0.05) is 18.7 Å². The highest BCUT2D eigenvalue weighted by atomic mass is 127. The summed E-state index contributed by atoms with van der Waals surface area (Å²) in [5, 5.41) is 3.39. The van der Waals surface area contributed by atoms with E-state index in [1.165, 1.54) is 0 Å². The molecule has 1 aromatic carbocycles. The van der Waals surface area contributed by atoms with Crippen LogP contribution >= 0.6 is 22.6 Å². The van der Waals surface area contributed by atoms with Crippen molar-refractivity contribution >= 4 is 22.6 Å². The van der Waals surface area contributed by atoms with Crippen molar-refractivity contribution in [1.29, 1.82) is 0 Å². The van der Waals surface area contributed by atoms with Gasteiger partial charge in [0.2, 0.25) is 0 Å². The number of nitrogens with one attached hydrogen (secondary N) is 1. The molecular weight excluding hydrogens is 325 g/mol. The number of benzene rings is 1. The van der Waals surface area contributed by atoms with Gasteiger partial charge in [-0.15, -0.1) is 0 Å². The Labute approximate surface area is 118 Å². The summed E-state index contributed by atoms with van der Waals surface area (Å²) in [6.45, 7) is 11.8. The van der Waals surface area contributed by atoms with E-state index < -0.39 is 0 Å². The molecule has 0 aliphatic rings. The number of halogens is 1. The average Bonchev–Trinajstić information content (AvgIpc) is 2.24. The van der Waals surface area contributed by atoms with Crippen LogP contribution in [0.5, 0.6) is 5.75 Å². The highest BCUT2D eigenvalue weighted by Gasteiger charge is 2.09. The third-order valence-electron chi connectivity index (χ3n) is 2.14. The summed E-state index contributed by atoms with van der Waals surface area (Å²) < 4.78 is 6.84. The molecule has 1 rings (SSSR count). The fourth-order valence-corrected chi connectivity index (χ4v) is 1.73. The van der Waals surface area contributed by atoms with Crippen molar-refractivity contribution in [3.8, 4) is 5.75 Å². The first-order valence-corrected chi connectivity index (χ1v) is 6.75. The van der Waals surface area contributed by atoms with E-state index in [2.05, 4.69) is 55.3 Å². The molecule has 1 aromatic rings. The quantitative estimate of drug-likeness (QED) is 0.650. The SMILES string of the molecule is C=C(CNC(C)(C)C)COc1ccccc1I. The van der Waals surface area contributed by atoms with Gasteiger partial charge < -0.3 is 10.1 Å². The number of hydrogen-bond acceptors (Lipinski definition) is 2. The number of para-hydroxylation sites is 1. The molecular formula is C14H20INO. The van der Waals surface area contributed by atoms with Gasteiger partial charge >= 0.3 is 0 Å². The molecule has 17 heavy (non-hydrogen) atoms. The molecule has 0 heterocycles. The van der Waals surface area contributed by atoms with Gasteiger partial charge in [-0.05, 0) is 61.1 Å². The maximum absolute atomic E-state index is 5.72. The predicted octanol–water partition coefficient (Wildman–Crippen LogP) is 3.61. The number of ether oxygens (including phenoxy) is 1. The summed E-state index contributed by atoms with van der Waals surface area (Å²) in [5.41, 5.74) is 1.17. The van der Waals surface area contributed by atoms with E-state index in [9.17, 15) is 0 Å². The first-order valence-electron chi connectivity index (χ1n) is 5.67. The maximum Gasteiger partial charge on any atom is 0.133 e. The molecule has 3 heteroatoms. The van der Waals surface area contributed by atoms with E-state index >= 15 is 0 Å². The third kappa shape index (κ3) is 6.07. The Bertz CT molecular complexity index is 382. The van der Waals surface area contributed by atoms with Crippen LogP contribution in [-0.2, 0) is 0 Å². The van der Waals surface area contributed by atoms with Gasteiger partial charge in [0.15, 0.2) is 0 Å². The van der Waals surface area contributed by atoms with E-state index in [4.69, 9.17) is 4.74 Å². The normalized spacial score (nSPS) is 11.3. The summed E-state index contributed by atoms with van der Waals surface area (Å²) in [6.07, 6.45) is 0. The summed E-state index contributed by atoms with van der Waals surface area (Å²) in [7, 11) is 0. The van der Waals surface area contributed by atoms with Gasteiger partial charge in [0.1, 0.15) is 12.4 Å². The van der Waals surface area contributed by atoms with E-state index in [1.807, 2.05) is 24.3 Å². The highest BCUT2D eigenvalue weighted by Crippen LogP contribution is 2.19. The Morgan fingerprint density at radius 3 is 2.59 bits per heavy atom. The Hall–Kier alpha value is -0.550. The Balaban J connectivity index is 2.36. The van der Waals surface area contributed by atoms with Gasteiger partial charge in [-0.2, -0.15) is 0 Å². The second-order valence-electron chi connectivity index (χ2n) is 5.07. The third-order valence-corrected chi connectivity index (χ3v) is 3.03. The van der Waals surface area contributed by atoms with Crippen LogP contribution in [0.25, 0.3) is 0 Å². The molecule has 0 spiro atoms. The standard InChI is InChI=1S/C14H20INO/c1-11(9-16-14(2,3)4)10-17-13-8-6-5-7-12(13)15/h5-8,16H,1,9-10H2,2-4H3. The lowest BCUT2D eigenvalue weighted by atomic mass is 10.1. The zero-order valence-electron chi connectivity index (χ0n) is 10.7. The number of rotatable bonds is 5. The second-order valence-corrected chi connectivity index (χ2v) is 6.23. The monoisotopic (exact) mass is 345 g/mol. The molecule has 94 valence electrons. The molecule has 0 saturated heterocycles. The van der Waals surface area contributed by atoms with Crippen molar-refractivity contribution in [3.63, 3.8) is 0 Å². The van der Waals surface area contributed by atoms with Gasteiger partial charge in [0.25, 0.3) is 0 Å². The van der Waals surface area contributed by atoms with E-state index in [0.29, 0.717) is 6.61 Å². The lowest BCUT2D eigenvalue weighted by Gasteiger charge is -2.21.